The van der Waals surface area contributed by atoms with Crippen LogP contribution in [-0.2, 0) is 16.4 Å². The lowest BCUT2D eigenvalue weighted by molar-refractivity contribution is 0.0963. The summed E-state index contributed by atoms with van der Waals surface area (Å²) in [5.74, 6) is -0.0113. The third-order valence-corrected chi connectivity index (χ3v) is 6.65. The molecule has 0 bridgehead atoms. The molecule has 1 amide bonds. The van der Waals surface area contributed by atoms with Gasteiger partial charge in [-0.3, -0.25) is 9.52 Å². The van der Waals surface area contributed by atoms with E-state index in [9.17, 15) is 13.2 Å². The van der Waals surface area contributed by atoms with Crippen LogP contribution >= 0.6 is 11.6 Å². The minimum atomic E-state index is -3.82. The Hall–Kier alpha value is -2.77. The molecule has 2 heterocycles. The lowest BCUT2D eigenvalue weighted by Gasteiger charge is -2.17. The molecule has 28 heavy (non-hydrogen) atoms. The number of hydrogen-bond acceptors (Lipinski definition) is 4. The summed E-state index contributed by atoms with van der Waals surface area (Å²) in [6, 6.07) is 13.2. The molecule has 6 nitrogen and oxygen atoms in total. The molecule has 0 saturated heterocycles. The van der Waals surface area contributed by atoms with Crippen molar-refractivity contribution >= 4 is 38.9 Å². The Morgan fingerprint density at radius 1 is 1.18 bits per heavy atom. The molecule has 0 fully saturated rings. The summed E-state index contributed by atoms with van der Waals surface area (Å²) in [4.78, 5) is 14.4. The highest BCUT2D eigenvalue weighted by Crippen LogP contribution is 2.33. The highest BCUT2D eigenvalue weighted by Gasteiger charge is 2.28. The summed E-state index contributed by atoms with van der Waals surface area (Å²) in [5, 5.41) is 0.382. The molecule has 1 aliphatic heterocycles. The van der Waals surface area contributed by atoms with Gasteiger partial charge < -0.3 is 9.32 Å². The van der Waals surface area contributed by atoms with E-state index in [1.54, 1.807) is 48.2 Å². The molecule has 3 aromatic rings. The number of hydrogen-bond donors (Lipinski definition) is 1. The highest BCUT2D eigenvalue weighted by atomic mass is 35.5. The fraction of sp³-hybridized carbons (Fsp3) is 0.150. The number of nitrogens with one attached hydrogen (secondary N) is 1. The van der Waals surface area contributed by atoms with Gasteiger partial charge in [-0.25, -0.2) is 8.42 Å². The van der Waals surface area contributed by atoms with Crippen LogP contribution < -0.4 is 9.62 Å². The van der Waals surface area contributed by atoms with Gasteiger partial charge in [0, 0.05) is 17.3 Å². The normalized spacial score (nSPS) is 13.4. The number of nitrogens with zero attached hydrogens (tertiary/aromatic N) is 1. The summed E-state index contributed by atoms with van der Waals surface area (Å²) < 4.78 is 33.4. The second kappa shape index (κ2) is 7.00. The van der Waals surface area contributed by atoms with Gasteiger partial charge >= 0.3 is 0 Å². The molecule has 1 aliphatic rings. The summed E-state index contributed by atoms with van der Waals surface area (Å²) >= 11 is 6.06. The van der Waals surface area contributed by atoms with Gasteiger partial charge in [-0.15, -0.1) is 0 Å². The third-order valence-electron chi connectivity index (χ3n) is 4.72. The van der Waals surface area contributed by atoms with Crippen LogP contribution in [0.1, 0.15) is 21.7 Å². The van der Waals surface area contributed by atoms with Gasteiger partial charge in [0.2, 0.25) is 0 Å². The summed E-state index contributed by atoms with van der Waals surface area (Å²) in [7, 11) is -3.82. The smallest absolute Gasteiger partial charge is 0.293 e. The molecule has 0 saturated carbocycles. The Bertz CT molecular complexity index is 1160. The summed E-state index contributed by atoms with van der Waals surface area (Å²) in [5.41, 5.74) is 2.50. The molecule has 1 N–H and O–H groups in total. The van der Waals surface area contributed by atoms with Crippen LogP contribution in [0, 0.1) is 6.92 Å². The average Bonchev–Trinajstić information content (AvgIpc) is 3.32. The second-order valence-electron chi connectivity index (χ2n) is 6.50. The average molecular weight is 417 g/mol. The quantitative estimate of drug-likeness (QED) is 0.689. The molecule has 1 aromatic heterocycles. The van der Waals surface area contributed by atoms with Gasteiger partial charge in [0.15, 0.2) is 5.76 Å². The number of benzene rings is 2. The van der Waals surface area contributed by atoms with Gasteiger partial charge in [-0.2, -0.15) is 0 Å². The topological polar surface area (TPSA) is 79.6 Å². The van der Waals surface area contributed by atoms with Crippen LogP contribution in [0.4, 0.5) is 11.4 Å². The van der Waals surface area contributed by atoms with Gasteiger partial charge in [0.05, 0.1) is 16.8 Å². The monoisotopic (exact) mass is 416 g/mol. The van der Waals surface area contributed by atoms with Crippen molar-refractivity contribution in [3.63, 3.8) is 0 Å². The van der Waals surface area contributed by atoms with E-state index in [1.165, 1.54) is 12.3 Å². The number of rotatable bonds is 4. The number of anilines is 2. The zero-order chi connectivity index (χ0) is 19.9. The van der Waals surface area contributed by atoms with Gasteiger partial charge in [-0.05, 0) is 60.9 Å². The lowest BCUT2D eigenvalue weighted by Crippen LogP contribution is -2.28. The molecular weight excluding hydrogens is 400 g/mol. The van der Waals surface area contributed by atoms with Crippen molar-refractivity contribution in [3.05, 3.63) is 76.7 Å². The largest absolute Gasteiger partial charge is 0.459 e. The highest BCUT2D eigenvalue weighted by molar-refractivity contribution is 7.92. The van der Waals surface area contributed by atoms with Crippen molar-refractivity contribution in [2.75, 3.05) is 16.2 Å². The van der Waals surface area contributed by atoms with Crippen molar-refractivity contribution in [3.8, 4) is 0 Å². The van der Waals surface area contributed by atoms with Gasteiger partial charge in [0.25, 0.3) is 15.9 Å². The summed E-state index contributed by atoms with van der Waals surface area (Å²) in [6.07, 6.45) is 2.14. The first-order chi connectivity index (χ1) is 13.4. The number of carbonyl (C=O) groups excluding carboxylic acids is 1. The Labute approximate surface area is 167 Å². The molecule has 0 atom stereocenters. The first-order valence-corrected chi connectivity index (χ1v) is 10.5. The zero-order valence-corrected chi connectivity index (χ0v) is 16.5. The lowest BCUT2D eigenvalue weighted by atomic mass is 10.1. The Kier molecular flexibility index (Phi) is 4.64. The van der Waals surface area contributed by atoms with Crippen molar-refractivity contribution in [2.45, 2.75) is 18.2 Å². The van der Waals surface area contributed by atoms with E-state index < -0.39 is 10.0 Å². The predicted octanol–water partition coefficient (Wildman–Crippen LogP) is 4.25. The number of amides is 1. The number of halogens is 1. The van der Waals surface area contributed by atoms with Crippen LogP contribution in [0.25, 0.3) is 0 Å². The number of carbonyl (C=O) groups is 1. The van der Waals surface area contributed by atoms with Gasteiger partial charge in [-0.1, -0.05) is 23.7 Å². The first kappa shape index (κ1) is 18.6. The summed E-state index contributed by atoms with van der Waals surface area (Å²) in [6.45, 7) is 2.17. The molecular formula is C20H17ClN2O4S. The van der Waals surface area contributed by atoms with Crippen LogP contribution in [0.15, 0.2) is 64.1 Å². The van der Waals surface area contributed by atoms with E-state index in [1.807, 2.05) is 6.07 Å². The van der Waals surface area contributed by atoms with Crippen LogP contribution in [0.5, 0.6) is 0 Å². The standard InChI is InChI=1S/C20H17ClN2O4S/c1-13-16(21)4-2-6-19(13)28(25,26)22-15-8-7-14-9-10-23(17(14)12-15)20(24)18-5-3-11-27-18/h2-8,11-12,22H,9-10H2,1H3. The maximum absolute atomic E-state index is 12.8. The van der Waals surface area contributed by atoms with Crippen LogP contribution in [-0.4, -0.2) is 20.9 Å². The van der Waals surface area contributed by atoms with E-state index in [0.717, 1.165) is 5.56 Å². The molecule has 4 rings (SSSR count). The minimum Gasteiger partial charge on any atom is -0.459 e. The van der Waals surface area contributed by atoms with Crippen LogP contribution in [0.3, 0.4) is 0 Å². The van der Waals surface area contributed by atoms with E-state index in [2.05, 4.69) is 4.72 Å². The Morgan fingerprint density at radius 2 is 2.00 bits per heavy atom. The van der Waals surface area contributed by atoms with Gasteiger partial charge in [0.1, 0.15) is 0 Å². The molecule has 8 heteroatoms. The zero-order valence-electron chi connectivity index (χ0n) is 15.0. The maximum Gasteiger partial charge on any atom is 0.293 e. The minimum absolute atomic E-state index is 0.115. The van der Waals surface area contributed by atoms with E-state index in [4.69, 9.17) is 16.0 Å². The van der Waals surface area contributed by atoms with E-state index in [-0.39, 0.29) is 16.6 Å². The molecule has 0 radical (unpaired) electrons. The fourth-order valence-corrected chi connectivity index (χ4v) is 4.82. The van der Waals surface area contributed by atoms with Crippen molar-refractivity contribution in [1.29, 1.82) is 0 Å². The Balaban J connectivity index is 1.65. The van der Waals surface area contributed by atoms with Crippen LogP contribution in [0.2, 0.25) is 5.02 Å². The number of fused-ring (bicyclic) bond motifs is 1. The SMILES string of the molecule is Cc1c(Cl)cccc1S(=O)(=O)Nc1ccc2c(c1)N(C(=O)c1ccco1)CC2. The number of sulfonamides is 1. The predicted molar refractivity (Wildman–Crippen MR) is 108 cm³/mol. The van der Waals surface area contributed by atoms with Crippen molar-refractivity contribution in [1.82, 2.24) is 0 Å². The first-order valence-electron chi connectivity index (χ1n) is 8.63. The maximum atomic E-state index is 12.8. The molecule has 0 unspecified atom stereocenters. The second-order valence-corrected chi connectivity index (χ2v) is 8.55. The third kappa shape index (κ3) is 3.27. The number of furan rings is 1. The van der Waals surface area contributed by atoms with Crippen molar-refractivity contribution < 1.29 is 17.6 Å². The van der Waals surface area contributed by atoms with Crippen molar-refractivity contribution in [2.24, 2.45) is 0 Å². The Morgan fingerprint density at radius 3 is 2.75 bits per heavy atom. The fourth-order valence-electron chi connectivity index (χ4n) is 3.28. The molecule has 144 valence electrons. The molecule has 2 aromatic carbocycles. The van der Waals surface area contributed by atoms with E-state index in [0.29, 0.717) is 34.9 Å². The molecule has 0 aliphatic carbocycles. The molecule has 0 spiro atoms. The van der Waals surface area contributed by atoms with E-state index >= 15 is 0 Å².